The molecule has 38 heavy (non-hydrogen) atoms. The van der Waals surface area contributed by atoms with Crippen molar-refractivity contribution in [1.82, 2.24) is 0 Å². The van der Waals surface area contributed by atoms with Gasteiger partial charge in [0, 0.05) is 5.92 Å². The molecule has 2 unspecified atom stereocenters. The van der Waals surface area contributed by atoms with Gasteiger partial charge in [0.2, 0.25) is 0 Å². The first-order valence-corrected chi connectivity index (χ1v) is 13.4. The minimum Gasteiger partial charge on any atom is -0.494 e. The summed E-state index contributed by atoms with van der Waals surface area (Å²) >= 11 is 0. The molecule has 1 aliphatic rings. The SMILES string of the molecule is CCCCOc1ccc(-c2ccc(/C=C/C3CCC(c4ccc(OCC)c(C(F)F)c4F)CO3)cc2)cc1. The summed E-state index contributed by atoms with van der Waals surface area (Å²) < 4.78 is 58.9. The van der Waals surface area contributed by atoms with Gasteiger partial charge in [-0.1, -0.05) is 68.0 Å². The molecule has 1 aliphatic heterocycles. The maximum Gasteiger partial charge on any atom is 0.270 e. The van der Waals surface area contributed by atoms with Gasteiger partial charge in [-0.05, 0) is 66.6 Å². The van der Waals surface area contributed by atoms with Crippen LogP contribution in [0.4, 0.5) is 13.2 Å². The van der Waals surface area contributed by atoms with Crippen molar-refractivity contribution in [3.05, 3.63) is 89.2 Å². The van der Waals surface area contributed by atoms with Crippen LogP contribution >= 0.6 is 0 Å². The topological polar surface area (TPSA) is 27.7 Å². The second-order valence-electron chi connectivity index (χ2n) is 9.47. The summed E-state index contributed by atoms with van der Waals surface area (Å²) in [6.45, 7) is 5.04. The van der Waals surface area contributed by atoms with E-state index < -0.39 is 17.8 Å². The molecule has 3 aromatic rings. The van der Waals surface area contributed by atoms with Crippen LogP contribution in [0.1, 0.15) is 68.6 Å². The van der Waals surface area contributed by atoms with Gasteiger partial charge in [-0.15, -0.1) is 0 Å². The maximum atomic E-state index is 15.0. The summed E-state index contributed by atoms with van der Waals surface area (Å²) in [6, 6.07) is 19.4. The summed E-state index contributed by atoms with van der Waals surface area (Å²) in [6.07, 6.45) is 4.48. The molecule has 1 saturated heterocycles. The second-order valence-corrected chi connectivity index (χ2v) is 9.47. The first-order valence-electron chi connectivity index (χ1n) is 13.4. The zero-order valence-electron chi connectivity index (χ0n) is 22.0. The molecular weight excluding hydrogens is 489 g/mol. The summed E-state index contributed by atoms with van der Waals surface area (Å²) in [7, 11) is 0. The predicted molar refractivity (Wildman–Crippen MR) is 146 cm³/mol. The molecule has 0 amide bonds. The van der Waals surface area contributed by atoms with Gasteiger partial charge in [0.25, 0.3) is 6.43 Å². The Labute approximate surface area is 223 Å². The van der Waals surface area contributed by atoms with Gasteiger partial charge < -0.3 is 14.2 Å². The molecule has 3 nitrogen and oxygen atoms in total. The van der Waals surface area contributed by atoms with Crippen LogP contribution in [-0.2, 0) is 4.74 Å². The van der Waals surface area contributed by atoms with Crippen molar-refractivity contribution in [2.75, 3.05) is 19.8 Å². The van der Waals surface area contributed by atoms with E-state index in [4.69, 9.17) is 14.2 Å². The first-order chi connectivity index (χ1) is 18.5. The van der Waals surface area contributed by atoms with Crippen LogP contribution in [0.25, 0.3) is 17.2 Å². The Morgan fingerprint density at radius 1 is 0.921 bits per heavy atom. The highest BCUT2D eigenvalue weighted by Crippen LogP contribution is 2.38. The minimum absolute atomic E-state index is 0.0965. The van der Waals surface area contributed by atoms with Crippen LogP contribution in [-0.4, -0.2) is 25.9 Å². The fourth-order valence-corrected chi connectivity index (χ4v) is 4.64. The Hall–Kier alpha value is -3.25. The highest BCUT2D eigenvalue weighted by Gasteiger charge is 2.29. The van der Waals surface area contributed by atoms with Crippen LogP contribution in [0.5, 0.6) is 11.5 Å². The Morgan fingerprint density at radius 3 is 2.24 bits per heavy atom. The fourth-order valence-electron chi connectivity index (χ4n) is 4.64. The highest BCUT2D eigenvalue weighted by molar-refractivity contribution is 5.66. The summed E-state index contributed by atoms with van der Waals surface area (Å²) in [5.74, 6) is -0.361. The molecule has 3 aromatic carbocycles. The third-order valence-electron chi connectivity index (χ3n) is 6.81. The van der Waals surface area contributed by atoms with Crippen molar-refractivity contribution in [3.63, 3.8) is 0 Å². The van der Waals surface area contributed by atoms with Crippen molar-refractivity contribution >= 4 is 6.08 Å². The van der Waals surface area contributed by atoms with E-state index in [1.807, 2.05) is 24.3 Å². The molecule has 0 bridgehead atoms. The normalized spacial score (nSPS) is 17.7. The second kappa shape index (κ2) is 13.5. The van der Waals surface area contributed by atoms with Gasteiger partial charge >= 0.3 is 0 Å². The Morgan fingerprint density at radius 2 is 1.63 bits per heavy atom. The molecular formula is C32H35F3O3. The van der Waals surface area contributed by atoms with E-state index >= 15 is 0 Å². The molecule has 0 N–H and O–H groups in total. The van der Waals surface area contributed by atoms with Crippen molar-refractivity contribution in [2.24, 2.45) is 0 Å². The molecule has 1 fully saturated rings. The molecule has 0 spiro atoms. The smallest absolute Gasteiger partial charge is 0.270 e. The number of hydrogen-bond acceptors (Lipinski definition) is 3. The standard InChI is InChI=1S/C32H35F3O3/c1-3-5-20-37-26-15-11-24(12-16-26)23-9-6-22(7-10-23)8-14-27-17-13-25(21-38-27)28-18-19-29(36-4-2)30(31(28)33)32(34)35/h6-12,14-16,18-19,25,27,32H,3-5,13,17,20-21H2,1-2H3/b14-8+. The average molecular weight is 525 g/mol. The lowest BCUT2D eigenvalue weighted by Crippen LogP contribution is -2.24. The van der Waals surface area contributed by atoms with E-state index in [9.17, 15) is 13.2 Å². The molecule has 0 radical (unpaired) electrons. The van der Waals surface area contributed by atoms with Crippen LogP contribution in [0.2, 0.25) is 0 Å². The predicted octanol–water partition coefficient (Wildman–Crippen LogP) is 8.98. The molecule has 1 heterocycles. The Balaban J connectivity index is 1.33. The lowest BCUT2D eigenvalue weighted by molar-refractivity contribution is 0.0321. The van der Waals surface area contributed by atoms with E-state index in [1.165, 1.54) is 6.07 Å². The Bertz CT molecular complexity index is 1180. The van der Waals surface area contributed by atoms with Crippen LogP contribution < -0.4 is 9.47 Å². The number of hydrogen-bond donors (Lipinski definition) is 0. The molecule has 6 heteroatoms. The molecule has 0 aliphatic carbocycles. The number of unbranched alkanes of at least 4 members (excludes halogenated alkanes) is 1. The maximum absolute atomic E-state index is 15.0. The largest absolute Gasteiger partial charge is 0.494 e. The first kappa shape index (κ1) is 27.8. The fraction of sp³-hybridized carbons (Fsp3) is 0.375. The van der Waals surface area contributed by atoms with Gasteiger partial charge in [-0.25, -0.2) is 13.2 Å². The molecule has 0 saturated carbocycles. The number of alkyl halides is 2. The van der Waals surface area contributed by atoms with Crippen LogP contribution in [0.3, 0.4) is 0 Å². The monoisotopic (exact) mass is 524 g/mol. The van der Waals surface area contributed by atoms with Crippen LogP contribution in [0, 0.1) is 5.82 Å². The van der Waals surface area contributed by atoms with Crippen molar-refractivity contribution in [3.8, 4) is 22.6 Å². The zero-order valence-corrected chi connectivity index (χ0v) is 22.0. The van der Waals surface area contributed by atoms with Crippen molar-refractivity contribution < 1.29 is 27.4 Å². The number of ether oxygens (including phenoxy) is 3. The van der Waals surface area contributed by atoms with E-state index in [0.717, 1.165) is 41.9 Å². The van der Waals surface area contributed by atoms with E-state index in [-0.39, 0.29) is 36.5 Å². The average Bonchev–Trinajstić information content (AvgIpc) is 2.93. The third kappa shape index (κ3) is 6.98. The van der Waals surface area contributed by atoms with E-state index in [2.05, 4.69) is 43.3 Å². The van der Waals surface area contributed by atoms with Crippen molar-refractivity contribution in [1.29, 1.82) is 0 Å². The van der Waals surface area contributed by atoms with Gasteiger partial charge in [0.05, 0.1) is 31.5 Å². The van der Waals surface area contributed by atoms with Crippen molar-refractivity contribution in [2.45, 2.75) is 58.0 Å². The quantitative estimate of drug-likeness (QED) is 0.234. The van der Waals surface area contributed by atoms with Gasteiger partial charge in [0.1, 0.15) is 17.3 Å². The lowest BCUT2D eigenvalue weighted by Gasteiger charge is -2.28. The highest BCUT2D eigenvalue weighted by atomic mass is 19.3. The molecule has 0 aromatic heterocycles. The lowest BCUT2D eigenvalue weighted by atomic mass is 9.89. The summed E-state index contributed by atoms with van der Waals surface area (Å²) in [5.41, 5.74) is 2.91. The molecule has 202 valence electrons. The van der Waals surface area contributed by atoms with Gasteiger partial charge in [-0.2, -0.15) is 0 Å². The minimum atomic E-state index is -2.94. The molecule has 2 atom stereocenters. The van der Waals surface area contributed by atoms with Gasteiger partial charge in [0.15, 0.2) is 0 Å². The van der Waals surface area contributed by atoms with Gasteiger partial charge in [-0.3, -0.25) is 0 Å². The summed E-state index contributed by atoms with van der Waals surface area (Å²) in [5, 5.41) is 0. The van der Waals surface area contributed by atoms with E-state index in [0.29, 0.717) is 12.8 Å². The number of benzene rings is 3. The number of rotatable bonds is 11. The third-order valence-corrected chi connectivity index (χ3v) is 6.81. The van der Waals surface area contributed by atoms with Crippen LogP contribution in [0.15, 0.2) is 66.7 Å². The summed E-state index contributed by atoms with van der Waals surface area (Å²) in [4.78, 5) is 0. The Kier molecular flexibility index (Phi) is 9.88. The van der Waals surface area contributed by atoms with E-state index in [1.54, 1.807) is 13.0 Å². The zero-order chi connectivity index (χ0) is 26.9. The molecule has 4 rings (SSSR count). The number of halogens is 3.